The lowest BCUT2D eigenvalue weighted by Gasteiger charge is -2.27. The SMILES string of the molecule is CC(NCC(=O)N1CCCCC1)C(N)=O. The van der Waals surface area contributed by atoms with Gasteiger partial charge < -0.3 is 10.6 Å². The first kappa shape index (κ1) is 12.0. The second-order valence-electron chi connectivity index (χ2n) is 3.95. The maximum absolute atomic E-state index is 11.6. The van der Waals surface area contributed by atoms with E-state index in [1.165, 1.54) is 6.42 Å². The van der Waals surface area contributed by atoms with E-state index >= 15 is 0 Å². The Labute approximate surface area is 90.0 Å². The molecule has 0 spiro atoms. The molecule has 1 aliphatic heterocycles. The zero-order chi connectivity index (χ0) is 11.3. The van der Waals surface area contributed by atoms with Gasteiger partial charge in [-0.2, -0.15) is 0 Å². The van der Waals surface area contributed by atoms with E-state index in [1.807, 2.05) is 4.90 Å². The highest BCUT2D eigenvalue weighted by Gasteiger charge is 2.17. The summed E-state index contributed by atoms with van der Waals surface area (Å²) >= 11 is 0. The van der Waals surface area contributed by atoms with E-state index in [9.17, 15) is 9.59 Å². The smallest absolute Gasteiger partial charge is 0.236 e. The van der Waals surface area contributed by atoms with Gasteiger partial charge in [-0.1, -0.05) is 0 Å². The molecule has 86 valence electrons. The van der Waals surface area contributed by atoms with Crippen LogP contribution in [0.15, 0.2) is 0 Å². The van der Waals surface area contributed by atoms with Crippen LogP contribution in [0.3, 0.4) is 0 Å². The summed E-state index contributed by atoms with van der Waals surface area (Å²) in [5.74, 6) is -0.371. The Bertz CT molecular complexity index is 237. The van der Waals surface area contributed by atoms with Gasteiger partial charge in [-0.25, -0.2) is 0 Å². The van der Waals surface area contributed by atoms with E-state index in [-0.39, 0.29) is 12.5 Å². The number of primary amides is 1. The Morgan fingerprint density at radius 2 is 1.93 bits per heavy atom. The second-order valence-corrected chi connectivity index (χ2v) is 3.95. The predicted molar refractivity (Wildman–Crippen MR) is 57.1 cm³/mol. The Hall–Kier alpha value is -1.10. The molecule has 1 fully saturated rings. The molecule has 0 aromatic carbocycles. The zero-order valence-electron chi connectivity index (χ0n) is 9.16. The minimum Gasteiger partial charge on any atom is -0.368 e. The molecule has 1 heterocycles. The Morgan fingerprint density at radius 3 is 2.47 bits per heavy atom. The Morgan fingerprint density at radius 1 is 1.33 bits per heavy atom. The Balaban J connectivity index is 2.25. The van der Waals surface area contributed by atoms with Crippen LogP contribution < -0.4 is 11.1 Å². The number of nitrogens with one attached hydrogen (secondary N) is 1. The van der Waals surface area contributed by atoms with Crippen LogP contribution >= 0.6 is 0 Å². The van der Waals surface area contributed by atoms with Gasteiger partial charge in [0.05, 0.1) is 12.6 Å². The molecule has 0 saturated carbocycles. The molecular weight excluding hydrogens is 194 g/mol. The molecule has 15 heavy (non-hydrogen) atoms. The van der Waals surface area contributed by atoms with Gasteiger partial charge in [0.1, 0.15) is 0 Å². The molecule has 1 saturated heterocycles. The van der Waals surface area contributed by atoms with Crippen LogP contribution in [0, 0.1) is 0 Å². The van der Waals surface area contributed by atoms with Crippen molar-refractivity contribution < 1.29 is 9.59 Å². The van der Waals surface area contributed by atoms with Gasteiger partial charge in [0, 0.05) is 13.1 Å². The van der Waals surface area contributed by atoms with Crippen molar-refractivity contribution in [3.8, 4) is 0 Å². The summed E-state index contributed by atoms with van der Waals surface area (Å²) < 4.78 is 0. The van der Waals surface area contributed by atoms with Crippen LogP contribution in [0.4, 0.5) is 0 Å². The maximum atomic E-state index is 11.6. The van der Waals surface area contributed by atoms with Gasteiger partial charge in [-0.15, -0.1) is 0 Å². The predicted octanol–water partition coefficient (Wildman–Crippen LogP) is -0.538. The molecule has 1 unspecified atom stereocenters. The maximum Gasteiger partial charge on any atom is 0.236 e. The van der Waals surface area contributed by atoms with Gasteiger partial charge >= 0.3 is 0 Å². The van der Waals surface area contributed by atoms with Crippen molar-refractivity contribution in [2.24, 2.45) is 5.73 Å². The van der Waals surface area contributed by atoms with Gasteiger partial charge in [-0.3, -0.25) is 14.9 Å². The lowest BCUT2D eigenvalue weighted by Crippen LogP contribution is -2.46. The Kier molecular flexibility index (Phi) is 4.55. The van der Waals surface area contributed by atoms with E-state index in [2.05, 4.69) is 5.32 Å². The quantitative estimate of drug-likeness (QED) is 0.658. The fraction of sp³-hybridized carbons (Fsp3) is 0.800. The summed E-state index contributed by atoms with van der Waals surface area (Å²) in [5.41, 5.74) is 5.07. The largest absolute Gasteiger partial charge is 0.368 e. The van der Waals surface area contributed by atoms with Crippen LogP contribution in [0.2, 0.25) is 0 Å². The number of nitrogens with two attached hydrogens (primary N) is 1. The molecule has 0 aromatic rings. The number of hydrogen-bond donors (Lipinski definition) is 2. The van der Waals surface area contributed by atoms with Crippen LogP contribution in [0.25, 0.3) is 0 Å². The summed E-state index contributed by atoms with van der Waals surface area (Å²) in [6.45, 7) is 3.53. The van der Waals surface area contributed by atoms with Crippen LogP contribution in [0.5, 0.6) is 0 Å². The average Bonchev–Trinajstić information content (AvgIpc) is 2.26. The summed E-state index contributed by atoms with van der Waals surface area (Å²) in [5, 5.41) is 2.81. The van der Waals surface area contributed by atoms with Crippen LogP contribution in [-0.2, 0) is 9.59 Å². The molecule has 0 bridgehead atoms. The van der Waals surface area contributed by atoms with E-state index in [0.717, 1.165) is 25.9 Å². The molecule has 0 radical (unpaired) electrons. The number of piperidine rings is 1. The van der Waals surface area contributed by atoms with E-state index < -0.39 is 11.9 Å². The molecule has 5 nitrogen and oxygen atoms in total. The number of nitrogens with zero attached hydrogens (tertiary/aromatic N) is 1. The normalized spacial score (nSPS) is 18.6. The molecule has 1 aliphatic rings. The van der Waals surface area contributed by atoms with Gasteiger partial charge in [0.15, 0.2) is 0 Å². The van der Waals surface area contributed by atoms with E-state index in [1.54, 1.807) is 6.92 Å². The first-order chi connectivity index (χ1) is 7.11. The molecular formula is C10H19N3O2. The van der Waals surface area contributed by atoms with Crippen molar-refractivity contribution >= 4 is 11.8 Å². The monoisotopic (exact) mass is 213 g/mol. The van der Waals surface area contributed by atoms with E-state index in [4.69, 9.17) is 5.73 Å². The fourth-order valence-electron chi connectivity index (χ4n) is 1.60. The highest BCUT2D eigenvalue weighted by molar-refractivity contribution is 5.82. The van der Waals surface area contributed by atoms with Crippen molar-refractivity contribution in [1.29, 1.82) is 0 Å². The fourth-order valence-corrected chi connectivity index (χ4v) is 1.60. The number of hydrogen-bond acceptors (Lipinski definition) is 3. The minimum atomic E-state index is -0.446. The summed E-state index contributed by atoms with van der Waals surface area (Å²) in [7, 11) is 0. The number of carbonyl (C=O) groups excluding carboxylic acids is 2. The first-order valence-electron chi connectivity index (χ1n) is 5.41. The topological polar surface area (TPSA) is 75.4 Å². The number of rotatable bonds is 4. The molecule has 0 aliphatic carbocycles. The molecule has 5 heteroatoms. The molecule has 1 atom stereocenters. The summed E-state index contributed by atoms with van der Waals surface area (Å²) in [6.07, 6.45) is 3.36. The van der Waals surface area contributed by atoms with Crippen molar-refractivity contribution in [2.75, 3.05) is 19.6 Å². The molecule has 2 amide bonds. The summed E-state index contributed by atoms with van der Waals surface area (Å²) in [4.78, 5) is 24.2. The lowest BCUT2D eigenvalue weighted by atomic mass is 10.1. The van der Waals surface area contributed by atoms with Crippen molar-refractivity contribution in [2.45, 2.75) is 32.2 Å². The zero-order valence-corrected chi connectivity index (χ0v) is 9.16. The molecule has 1 rings (SSSR count). The highest BCUT2D eigenvalue weighted by Crippen LogP contribution is 2.08. The molecule has 0 aromatic heterocycles. The summed E-state index contributed by atoms with van der Waals surface area (Å²) in [6, 6.07) is -0.446. The van der Waals surface area contributed by atoms with Crippen molar-refractivity contribution in [1.82, 2.24) is 10.2 Å². The minimum absolute atomic E-state index is 0.0581. The standard InChI is InChI=1S/C10H19N3O2/c1-8(10(11)15)12-7-9(14)13-5-3-2-4-6-13/h8,12H,2-7H2,1H3,(H2,11,15). The lowest BCUT2D eigenvalue weighted by molar-refractivity contribution is -0.131. The number of amides is 2. The van der Waals surface area contributed by atoms with Crippen molar-refractivity contribution in [3.63, 3.8) is 0 Å². The van der Waals surface area contributed by atoms with Gasteiger partial charge in [0.25, 0.3) is 0 Å². The first-order valence-corrected chi connectivity index (χ1v) is 5.41. The number of carbonyl (C=O) groups is 2. The van der Waals surface area contributed by atoms with Gasteiger partial charge in [-0.05, 0) is 26.2 Å². The molecule has 3 N–H and O–H groups in total. The average molecular weight is 213 g/mol. The highest BCUT2D eigenvalue weighted by atomic mass is 16.2. The van der Waals surface area contributed by atoms with Crippen molar-refractivity contribution in [3.05, 3.63) is 0 Å². The van der Waals surface area contributed by atoms with Crippen LogP contribution in [-0.4, -0.2) is 42.4 Å². The third kappa shape index (κ3) is 3.87. The third-order valence-corrected chi connectivity index (χ3v) is 2.70. The van der Waals surface area contributed by atoms with Crippen LogP contribution in [0.1, 0.15) is 26.2 Å². The van der Waals surface area contributed by atoms with E-state index in [0.29, 0.717) is 0 Å². The number of likely N-dealkylation sites (tertiary alicyclic amines) is 1. The third-order valence-electron chi connectivity index (χ3n) is 2.70. The van der Waals surface area contributed by atoms with Gasteiger partial charge in [0.2, 0.25) is 11.8 Å². The second kappa shape index (κ2) is 5.70.